The summed E-state index contributed by atoms with van der Waals surface area (Å²) in [5, 5.41) is 0.412. The average Bonchev–Trinajstić information content (AvgIpc) is 2.55. The van der Waals surface area contributed by atoms with Crippen LogP contribution in [0.15, 0.2) is 48.5 Å². The Bertz CT molecular complexity index is 647. The van der Waals surface area contributed by atoms with Gasteiger partial charge in [-0.15, -0.1) is 0 Å². The molecule has 2 aromatic rings. The fraction of sp³-hybridized carbons (Fsp3) is 0.235. The summed E-state index contributed by atoms with van der Waals surface area (Å²) < 4.78 is 0. The van der Waals surface area contributed by atoms with Crippen LogP contribution in [0.1, 0.15) is 10.4 Å². The summed E-state index contributed by atoms with van der Waals surface area (Å²) in [6.07, 6.45) is 0. The van der Waals surface area contributed by atoms with E-state index in [1.807, 2.05) is 23.1 Å². The van der Waals surface area contributed by atoms with Crippen LogP contribution in [0.5, 0.6) is 0 Å². The molecule has 0 radical (unpaired) electrons. The molecule has 1 saturated heterocycles. The molecule has 1 fully saturated rings. The van der Waals surface area contributed by atoms with Crippen LogP contribution in [0, 0.1) is 0 Å². The molecule has 0 unspecified atom stereocenters. The monoisotopic (exact) mass is 315 g/mol. The number of halogens is 1. The SMILES string of the molecule is Nc1cccc(Cl)c1C(=O)N1CCN(c2ccccc2)CC1. The standard InChI is InChI=1S/C17H18ClN3O/c18-14-7-4-8-15(19)16(14)17(22)21-11-9-20(10-12-21)13-5-2-1-3-6-13/h1-8H,9-12,19H2. The highest BCUT2D eigenvalue weighted by Crippen LogP contribution is 2.24. The van der Waals surface area contributed by atoms with Crippen molar-refractivity contribution in [3.05, 3.63) is 59.1 Å². The van der Waals surface area contributed by atoms with E-state index < -0.39 is 0 Å². The molecule has 0 saturated carbocycles. The second-order valence-corrected chi connectivity index (χ2v) is 5.73. The summed E-state index contributed by atoms with van der Waals surface area (Å²) in [5.41, 5.74) is 7.94. The Morgan fingerprint density at radius 2 is 1.64 bits per heavy atom. The molecule has 2 aromatic carbocycles. The van der Waals surface area contributed by atoms with Crippen molar-refractivity contribution < 1.29 is 4.79 Å². The lowest BCUT2D eigenvalue weighted by molar-refractivity contribution is 0.0748. The molecule has 0 bridgehead atoms. The van der Waals surface area contributed by atoms with Crippen molar-refractivity contribution >= 4 is 28.9 Å². The van der Waals surface area contributed by atoms with Gasteiger partial charge < -0.3 is 15.5 Å². The van der Waals surface area contributed by atoms with Crippen molar-refractivity contribution in [2.75, 3.05) is 36.8 Å². The number of rotatable bonds is 2. The third-order valence-corrected chi connectivity index (χ3v) is 4.26. The molecule has 2 N–H and O–H groups in total. The number of para-hydroxylation sites is 1. The summed E-state index contributed by atoms with van der Waals surface area (Å²) in [6.45, 7) is 2.94. The zero-order chi connectivity index (χ0) is 15.5. The van der Waals surface area contributed by atoms with Crippen LogP contribution in [0.2, 0.25) is 5.02 Å². The van der Waals surface area contributed by atoms with Crippen LogP contribution in [-0.2, 0) is 0 Å². The minimum absolute atomic E-state index is 0.0872. The van der Waals surface area contributed by atoms with Gasteiger partial charge in [0.1, 0.15) is 0 Å². The number of nitrogens with two attached hydrogens (primary N) is 1. The zero-order valence-corrected chi connectivity index (χ0v) is 13.0. The average molecular weight is 316 g/mol. The van der Waals surface area contributed by atoms with E-state index in [1.165, 1.54) is 5.69 Å². The van der Waals surface area contributed by atoms with Gasteiger partial charge in [-0.3, -0.25) is 4.79 Å². The molecule has 1 aliphatic rings. The van der Waals surface area contributed by atoms with Gasteiger partial charge in [0.05, 0.1) is 10.6 Å². The number of carbonyl (C=O) groups excluding carboxylic acids is 1. The van der Waals surface area contributed by atoms with Gasteiger partial charge in [-0.2, -0.15) is 0 Å². The molecule has 5 heteroatoms. The zero-order valence-electron chi connectivity index (χ0n) is 12.2. The second kappa shape index (κ2) is 6.28. The number of amides is 1. The van der Waals surface area contributed by atoms with E-state index in [0.29, 0.717) is 29.4 Å². The highest BCUT2D eigenvalue weighted by atomic mass is 35.5. The number of nitrogen functional groups attached to an aromatic ring is 1. The van der Waals surface area contributed by atoms with Crippen molar-refractivity contribution in [1.82, 2.24) is 4.90 Å². The van der Waals surface area contributed by atoms with Gasteiger partial charge in [-0.05, 0) is 24.3 Å². The summed E-state index contributed by atoms with van der Waals surface area (Å²) in [6, 6.07) is 15.4. The molecule has 1 heterocycles. The molecule has 114 valence electrons. The van der Waals surface area contributed by atoms with Gasteiger partial charge in [0.2, 0.25) is 0 Å². The normalized spacial score (nSPS) is 15.0. The van der Waals surface area contributed by atoms with Crippen LogP contribution in [0.3, 0.4) is 0 Å². The number of carbonyl (C=O) groups is 1. The van der Waals surface area contributed by atoms with Crippen molar-refractivity contribution in [1.29, 1.82) is 0 Å². The first kappa shape index (κ1) is 14.7. The highest BCUT2D eigenvalue weighted by molar-refractivity contribution is 6.34. The molecule has 1 aliphatic heterocycles. The van der Waals surface area contributed by atoms with E-state index in [-0.39, 0.29) is 5.91 Å². The van der Waals surface area contributed by atoms with E-state index in [0.717, 1.165) is 13.1 Å². The first-order valence-corrected chi connectivity index (χ1v) is 7.68. The predicted octanol–water partition coefficient (Wildman–Crippen LogP) is 2.88. The largest absolute Gasteiger partial charge is 0.398 e. The highest BCUT2D eigenvalue weighted by Gasteiger charge is 2.25. The maximum Gasteiger partial charge on any atom is 0.257 e. The van der Waals surface area contributed by atoms with Gasteiger partial charge >= 0.3 is 0 Å². The molecular formula is C17H18ClN3O. The van der Waals surface area contributed by atoms with Gasteiger partial charge in [-0.25, -0.2) is 0 Å². The Labute approximate surface area is 135 Å². The third-order valence-electron chi connectivity index (χ3n) is 3.95. The van der Waals surface area contributed by atoms with Gasteiger partial charge in [0, 0.05) is 37.6 Å². The number of piperazine rings is 1. The Kier molecular flexibility index (Phi) is 4.20. The van der Waals surface area contributed by atoms with Gasteiger partial charge in [0.25, 0.3) is 5.91 Å². The van der Waals surface area contributed by atoms with Gasteiger partial charge in [-0.1, -0.05) is 35.9 Å². The van der Waals surface area contributed by atoms with Gasteiger partial charge in [0.15, 0.2) is 0 Å². The lowest BCUT2D eigenvalue weighted by Gasteiger charge is -2.36. The van der Waals surface area contributed by atoms with Crippen LogP contribution in [0.25, 0.3) is 0 Å². The fourth-order valence-electron chi connectivity index (χ4n) is 2.73. The smallest absolute Gasteiger partial charge is 0.257 e. The Morgan fingerprint density at radius 1 is 0.955 bits per heavy atom. The van der Waals surface area contributed by atoms with E-state index in [1.54, 1.807) is 18.2 Å². The Morgan fingerprint density at radius 3 is 2.27 bits per heavy atom. The lowest BCUT2D eigenvalue weighted by Crippen LogP contribution is -2.49. The van der Waals surface area contributed by atoms with E-state index >= 15 is 0 Å². The maximum absolute atomic E-state index is 12.6. The number of anilines is 2. The van der Waals surface area contributed by atoms with E-state index in [4.69, 9.17) is 17.3 Å². The molecule has 0 atom stereocenters. The van der Waals surface area contributed by atoms with Crippen LogP contribution in [-0.4, -0.2) is 37.0 Å². The van der Waals surface area contributed by atoms with Crippen LogP contribution < -0.4 is 10.6 Å². The van der Waals surface area contributed by atoms with Crippen molar-refractivity contribution in [3.8, 4) is 0 Å². The molecule has 1 amide bonds. The van der Waals surface area contributed by atoms with Crippen LogP contribution >= 0.6 is 11.6 Å². The number of hydrogen-bond acceptors (Lipinski definition) is 3. The molecule has 4 nitrogen and oxygen atoms in total. The molecule has 0 aromatic heterocycles. The lowest BCUT2D eigenvalue weighted by atomic mass is 10.1. The van der Waals surface area contributed by atoms with Crippen molar-refractivity contribution in [3.63, 3.8) is 0 Å². The Balaban J connectivity index is 1.70. The summed E-state index contributed by atoms with van der Waals surface area (Å²) in [5.74, 6) is -0.0872. The number of benzene rings is 2. The van der Waals surface area contributed by atoms with E-state index in [9.17, 15) is 4.79 Å². The third kappa shape index (κ3) is 2.88. The first-order chi connectivity index (χ1) is 10.7. The second-order valence-electron chi connectivity index (χ2n) is 5.32. The molecular weight excluding hydrogens is 298 g/mol. The molecule has 22 heavy (non-hydrogen) atoms. The Hall–Kier alpha value is -2.20. The minimum Gasteiger partial charge on any atom is -0.398 e. The van der Waals surface area contributed by atoms with E-state index in [2.05, 4.69) is 17.0 Å². The molecule has 3 rings (SSSR count). The number of hydrogen-bond donors (Lipinski definition) is 1. The fourth-order valence-corrected chi connectivity index (χ4v) is 2.99. The first-order valence-electron chi connectivity index (χ1n) is 7.30. The van der Waals surface area contributed by atoms with Crippen LogP contribution in [0.4, 0.5) is 11.4 Å². The quantitative estimate of drug-likeness (QED) is 0.867. The van der Waals surface area contributed by atoms with Crippen molar-refractivity contribution in [2.24, 2.45) is 0 Å². The summed E-state index contributed by atoms with van der Waals surface area (Å²) >= 11 is 6.13. The minimum atomic E-state index is -0.0872. The topological polar surface area (TPSA) is 49.6 Å². The molecule has 0 spiro atoms. The summed E-state index contributed by atoms with van der Waals surface area (Å²) in [7, 11) is 0. The predicted molar refractivity (Wildman–Crippen MR) is 90.4 cm³/mol. The number of nitrogens with zero attached hydrogens (tertiary/aromatic N) is 2. The molecule has 0 aliphatic carbocycles. The summed E-state index contributed by atoms with van der Waals surface area (Å²) in [4.78, 5) is 16.7. The van der Waals surface area contributed by atoms with Crippen molar-refractivity contribution in [2.45, 2.75) is 0 Å². The maximum atomic E-state index is 12.6.